The number of hydrogen-bond donors (Lipinski definition) is 3. The molecule has 0 atom stereocenters. The maximum absolute atomic E-state index is 14.5. The fourth-order valence-corrected chi connectivity index (χ4v) is 3.84. The van der Waals surface area contributed by atoms with E-state index in [-0.39, 0.29) is 23.6 Å². The number of hydrogen-bond acceptors (Lipinski definition) is 9. The van der Waals surface area contributed by atoms with Crippen molar-refractivity contribution in [2.45, 2.75) is 25.9 Å². The molecule has 3 heterocycles. The highest BCUT2D eigenvalue weighted by Crippen LogP contribution is 2.37. The Balaban J connectivity index is 1.72. The van der Waals surface area contributed by atoms with Gasteiger partial charge in [0.15, 0.2) is 17.4 Å². The fraction of sp³-hybridized carbons (Fsp3) is 0.179. The lowest BCUT2D eigenvalue weighted by molar-refractivity contribution is 0.0737. The monoisotopic (exact) mass is 529 g/mol. The molecule has 0 aliphatic heterocycles. The minimum Gasteiger partial charge on any atom is -0.494 e. The Kier molecular flexibility index (Phi) is 7.82. The number of benzene rings is 1. The molecule has 3 aromatic heterocycles. The summed E-state index contributed by atoms with van der Waals surface area (Å²) < 4.78 is 21.7. The van der Waals surface area contributed by atoms with Crippen molar-refractivity contribution in [2.75, 3.05) is 17.7 Å². The van der Waals surface area contributed by atoms with Gasteiger partial charge in [0.1, 0.15) is 18.0 Å². The van der Waals surface area contributed by atoms with E-state index < -0.39 is 11.5 Å². The van der Waals surface area contributed by atoms with Crippen LogP contribution in [0, 0.1) is 5.95 Å². The Morgan fingerprint density at radius 1 is 1.15 bits per heavy atom. The molecule has 1 aromatic carbocycles. The maximum atomic E-state index is 14.5. The van der Waals surface area contributed by atoms with Crippen LogP contribution >= 0.6 is 0 Å². The van der Waals surface area contributed by atoms with Gasteiger partial charge >= 0.3 is 0 Å². The summed E-state index contributed by atoms with van der Waals surface area (Å²) in [5, 5.41) is 20.7. The van der Waals surface area contributed by atoms with E-state index in [0.29, 0.717) is 39.9 Å². The van der Waals surface area contributed by atoms with Crippen molar-refractivity contribution in [3.63, 3.8) is 0 Å². The highest BCUT2D eigenvalue weighted by molar-refractivity contribution is 6.03. The number of para-hydroxylation sites is 1. The Morgan fingerprint density at radius 2 is 1.95 bits per heavy atom. The molecule has 39 heavy (non-hydrogen) atoms. The predicted octanol–water partition coefficient (Wildman–Crippen LogP) is 5.46. The van der Waals surface area contributed by atoms with Gasteiger partial charge in [0, 0.05) is 30.4 Å². The number of halogens is 1. The van der Waals surface area contributed by atoms with E-state index in [1.165, 1.54) is 62.6 Å². The molecule has 0 saturated heterocycles. The van der Waals surface area contributed by atoms with Crippen LogP contribution in [0.15, 0.2) is 68.2 Å². The molecular formula is C28H28FN7O3. The van der Waals surface area contributed by atoms with Crippen molar-refractivity contribution in [2.24, 2.45) is 0 Å². The Hall–Kier alpha value is -4.90. The van der Waals surface area contributed by atoms with Gasteiger partial charge in [0.25, 0.3) is 0 Å². The zero-order valence-corrected chi connectivity index (χ0v) is 21.8. The van der Waals surface area contributed by atoms with Crippen LogP contribution in [0.1, 0.15) is 36.2 Å². The van der Waals surface area contributed by atoms with Gasteiger partial charge in [-0.2, -0.15) is 4.39 Å². The number of nitrogens with one attached hydrogen (secondary N) is 2. The predicted molar refractivity (Wildman–Crippen MR) is 148 cm³/mol. The first-order chi connectivity index (χ1) is 18.6. The number of carbonyl (C=O) groups excluding carboxylic acids is 1. The van der Waals surface area contributed by atoms with Gasteiger partial charge in [0.05, 0.1) is 35.2 Å². The van der Waals surface area contributed by atoms with E-state index in [0.717, 1.165) is 0 Å². The molecule has 0 amide bonds. The number of aliphatic hydroxyl groups is 1. The van der Waals surface area contributed by atoms with Crippen LogP contribution in [0.25, 0.3) is 17.6 Å². The molecule has 0 saturated carbocycles. The first kappa shape index (κ1) is 27.1. The highest BCUT2D eigenvalue weighted by Gasteiger charge is 2.22. The van der Waals surface area contributed by atoms with Crippen molar-refractivity contribution >= 4 is 35.0 Å². The molecule has 200 valence electrons. The van der Waals surface area contributed by atoms with Crippen LogP contribution in [0.4, 0.5) is 27.4 Å². The molecule has 4 rings (SSSR count). The number of nitrogens with zero attached hydrogens (tertiary/aromatic N) is 5. The smallest absolute Gasteiger partial charge is 0.220 e. The number of pyridine rings is 2. The molecule has 0 aliphatic carbocycles. The van der Waals surface area contributed by atoms with Gasteiger partial charge in [-0.1, -0.05) is 18.7 Å². The number of aromatic nitrogens is 5. The summed E-state index contributed by atoms with van der Waals surface area (Å²) in [6.45, 7) is 10.3. The lowest BCUT2D eigenvalue weighted by atomic mass is 10.0. The number of ether oxygens (including phenoxy) is 1. The quantitative estimate of drug-likeness (QED) is 0.132. The number of ketones is 1. The largest absolute Gasteiger partial charge is 0.494 e. The Morgan fingerprint density at radius 3 is 2.59 bits per heavy atom. The van der Waals surface area contributed by atoms with Gasteiger partial charge in [0.2, 0.25) is 5.95 Å². The third-order valence-electron chi connectivity index (χ3n) is 5.72. The SMILES string of the molecule is C=CCC(=O)c1cnc(Nc2ccc(C(C)(C)O)c(F)n2)cc1Nc1cccc(-c2ncn(C=C)n2)c1OC. The lowest BCUT2D eigenvalue weighted by Gasteiger charge is -2.19. The zero-order chi connectivity index (χ0) is 28.2. The van der Waals surface area contributed by atoms with Crippen molar-refractivity contribution in [1.29, 1.82) is 0 Å². The number of rotatable bonds is 11. The number of methoxy groups -OCH3 is 1. The standard InChI is InChI=1S/C28H28FN7O3/c1-6-9-22(37)18-15-30-24(33-23-13-12-19(26(29)34-23)28(3,4)38)14-21(18)32-20-11-8-10-17(25(20)39-5)27-31-16-36(7-2)35-27/h6-8,10-16,38H,1-2,9H2,3-5H3,(H2,30,32,33,34). The molecule has 0 fully saturated rings. The van der Waals surface area contributed by atoms with E-state index in [1.807, 2.05) is 6.07 Å². The summed E-state index contributed by atoms with van der Waals surface area (Å²) in [5.74, 6) is 0.353. The molecule has 0 radical (unpaired) electrons. The van der Waals surface area contributed by atoms with Crippen LogP contribution < -0.4 is 15.4 Å². The van der Waals surface area contributed by atoms with E-state index in [9.17, 15) is 14.3 Å². The van der Waals surface area contributed by atoms with Crippen molar-refractivity contribution in [3.05, 3.63) is 85.2 Å². The number of anilines is 4. The van der Waals surface area contributed by atoms with Gasteiger partial charge in [-0.05, 0) is 38.1 Å². The molecule has 0 unspecified atom stereocenters. The van der Waals surface area contributed by atoms with Crippen LogP contribution in [-0.4, -0.2) is 42.7 Å². The minimum atomic E-state index is -1.38. The minimum absolute atomic E-state index is 0.0631. The Labute approximate surface area is 224 Å². The van der Waals surface area contributed by atoms with E-state index in [2.05, 4.69) is 43.8 Å². The number of Topliss-reactive ketones (excluding diaryl/α,β-unsaturated/α-hetero) is 1. The summed E-state index contributed by atoms with van der Waals surface area (Å²) in [4.78, 5) is 25.4. The third-order valence-corrected chi connectivity index (χ3v) is 5.72. The zero-order valence-electron chi connectivity index (χ0n) is 21.8. The lowest BCUT2D eigenvalue weighted by Crippen LogP contribution is -2.18. The summed E-state index contributed by atoms with van der Waals surface area (Å²) >= 11 is 0. The molecule has 11 heteroatoms. The molecule has 0 bridgehead atoms. The van der Waals surface area contributed by atoms with Gasteiger partial charge in [-0.25, -0.2) is 19.6 Å². The normalized spacial score (nSPS) is 11.1. The Bertz CT molecular complexity index is 1540. The average molecular weight is 530 g/mol. The highest BCUT2D eigenvalue weighted by atomic mass is 19.1. The second-order valence-corrected chi connectivity index (χ2v) is 8.99. The number of carbonyl (C=O) groups is 1. The third kappa shape index (κ3) is 5.99. The first-order valence-electron chi connectivity index (χ1n) is 11.9. The summed E-state index contributed by atoms with van der Waals surface area (Å²) in [6, 6.07) is 9.99. The van der Waals surface area contributed by atoms with Crippen LogP contribution in [0.2, 0.25) is 0 Å². The molecule has 10 nitrogen and oxygen atoms in total. The van der Waals surface area contributed by atoms with Gasteiger partial charge < -0.3 is 20.5 Å². The molecular weight excluding hydrogens is 501 g/mol. The van der Waals surface area contributed by atoms with Gasteiger partial charge in [-0.3, -0.25) is 4.79 Å². The number of allylic oxidation sites excluding steroid dienone is 1. The molecule has 3 N–H and O–H groups in total. The van der Waals surface area contributed by atoms with Gasteiger partial charge in [-0.15, -0.1) is 11.7 Å². The van der Waals surface area contributed by atoms with E-state index in [1.54, 1.807) is 18.2 Å². The molecule has 4 aromatic rings. The maximum Gasteiger partial charge on any atom is 0.220 e. The second-order valence-electron chi connectivity index (χ2n) is 8.99. The summed E-state index contributed by atoms with van der Waals surface area (Å²) in [7, 11) is 1.52. The van der Waals surface area contributed by atoms with Crippen LogP contribution in [-0.2, 0) is 5.60 Å². The fourth-order valence-electron chi connectivity index (χ4n) is 3.84. The topological polar surface area (TPSA) is 127 Å². The van der Waals surface area contributed by atoms with Crippen molar-refractivity contribution in [3.8, 4) is 17.1 Å². The average Bonchev–Trinajstić information content (AvgIpc) is 3.37. The first-order valence-corrected chi connectivity index (χ1v) is 11.9. The van der Waals surface area contributed by atoms with Crippen LogP contribution in [0.3, 0.4) is 0 Å². The summed E-state index contributed by atoms with van der Waals surface area (Å²) in [6.07, 6.45) is 6.08. The van der Waals surface area contributed by atoms with E-state index >= 15 is 0 Å². The molecule has 0 spiro atoms. The summed E-state index contributed by atoms with van der Waals surface area (Å²) in [5.41, 5.74) is 0.597. The van der Waals surface area contributed by atoms with Crippen molar-refractivity contribution in [1.82, 2.24) is 24.7 Å². The van der Waals surface area contributed by atoms with Crippen molar-refractivity contribution < 1.29 is 19.0 Å². The molecule has 0 aliphatic rings. The second kappa shape index (κ2) is 11.2. The van der Waals surface area contributed by atoms with E-state index in [4.69, 9.17) is 4.74 Å². The van der Waals surface area contributed by atoms with Crippen LogP contribution in [0.5, 0.6) is 5.75 Å².